The van der Waals surface area contributed by atoms with Crippen molar-refractivity contribution in [1.82, 2.24) is 0 Å². The van der Waals surface area contributed by atoms with Gasteiger partial charge in [-0.2, -0.15) is 0 Å². The van der Waals surface area contributed by atoms with Crippen molar-refractivity contribution in [3.8, 4) is 11.5 Å². The van der Waals surface area contributed by atoms with Gasteiger partial charge in [-0.05, 0) is 87.6 Å². The van der Waals surface area contributed by atoms with Crippen LogP contribution in [0.5, 0.6) is 11.5 Å². The molecule has 0 aliphatic carbocycles. The van der Waals surface area contributed by atoms with Gasteiger partial charge in [-0.15, -0.1) is 11.3 Å². The quantitative estimate of drug-likeness (QED) is 0.0808. The highest BCUT2D eigenvalue weighted by molar-refractivity contribution is 9.10. The summed E-state index contributed by atoms with van der Waals surface area (Å²) in [5, 5.41) is 1.83. The van der Waals surface area contributed by atoms with E-state index in [0.29, 0.717) is 26.3 Å². The number of nitrogens with zero attached hydrogens (tertiary/aromatic N) is 2. The van der Waals surface area contributed by atoms with Crippen molar-refractivity contribution in [2.75, 3.05) is 16.9 Å². The molecular formula is C29H19BrN2O5S2. The number of methoxy groups -OCH3 is 1. The van der Waals surface area contributed by atoms with Gasteiger partial charge in [-0.25, -0.2) is 4.79 Å². The highest BCUT2D eigenvalue weighted by atomic mass is 79.9. The van der Waals surface area contributed by atoms with Gasteiger partial charge in [0.25, 0.3) is 11.8 Å². The molecule has 1 aliphatic heterocycles. The number of carbonyl (C=O) groups excluding carboxylic acids is 3. The van der Waals surface area contributed by atoms with Crippen LogP contribution in [0.4, 0.5) is 11.4 Å². The van der Waals surface area contributed by atoms with Crippen molar-refractivity contribution in [1.29, 1.82) is 0 Å². The number of esters is 1. The van der Waals surface area contributed by atoms with Gasteiger partial charge >= 0.3 is 5.97 Å². The SMILES string of the molecule is COc1cc(C=C2C(=O)N(c3ccccc3)C(=S)N(c3ccccc3)C2=O)cc(Br)c1OC(=O)c1cccs1. The highest BCUT2D eigenvalue weighted by Crippen LogP contribution is 2.39. The first-order valence-corrected chi connectivity index (χ1v) is 13.6. The molecule has 0 N–H and O–H groups in total. The molecule has 0 atom stereocenters. The number of halogens is 1. The summed E-state index contributed by atoms with van der Waals surface area (Å²) in [6.07, 6.45) is 1.47. The van der Waals surface area contributed by atoms with Crippen LogP contribution in [-0.4, -0.2) is 30.0 Å². The molecule has 1 aromatic heterocycles. The lowest BCUT2D eigenvalue weighted by Gasteiger charge is -2.36. The van der Waals surface area contributed by atoms with Gasteiger partial charge in [-0.1, -0.05) is 42.5 Å². The molecule has 1 aliphatic rings. The van der Waals surface area contributed by atoms with Crippen LogP contribution in [-0.2, 0) is 9.59 Å². The molecule has 5 rings (SSSR count). The third-order valence-corrected chi connectivity index (χ3v) is 7.56. The van der Waals surface area contributed by atoms with Crippen molar-refractivity contribution in [2.45, 2.75) is 0 Å². The van der Waals surface area contributed by atoms with E-state index >= 15 is 0 Å². The fourth-order valence-corrected chi connectivity index (χ4v) is 5.48. The highest BCUT2D eigenvalue weighted by Gasteiger charge is 2.41. The maximum absolute atomic E-state index is 13.7. The monoisotopic (exact) mass is 618 g/mol. The second-order valence-electron chi connectivity index (χ2n) is 8.19. The molecule has 0 radical (unpaired) electrons. The second kappa shape index (κ2) is 11.3. The largest absolute Gasteiger partial charge is 0.493 e. The molecule has 1 fully saturated rings. The van der Waals surface area contributed by atoms with Crippen LogP contribution in [0.2, 0.25) is 0 Å². The zero-order valence-electron chi connectivity index (χ0n) is 20.4. The molecule has 4 aromatic rings. The van der Waals surface area contributed by atoms with Crippen LogP contribution in [0.15, 0.2) is 100 Å². The Morgan fingerprint density at radius 2 is 1.49 bits per heavy atom. The molecule has 1 saturated heterocycles. The number of thiophene rings is 1. The Kier molecular flexibility index (Phi) is 7.69. The summed E-state index contributed by atoms with van der Waals surface area (Å²) in [6, 6.07) is 24.4. The number of rotatable bonds is 6. The van der Waals surface area contributed by atoms with E-state index in [1.54, 1.807) is 78.2 Å². The van der Waals surface area contributed by atoms with Crippen LogP contribution in [0, 0.1) is 0 Å². The van der Waals surface area contributed by atoms with Crippen LogP contribution >= 0.6 is 39.5 Å². The minimum Gasteiger partial charge on any atom is -0.493 e. The minimum atomic E-state index is -0.563. The van der Waals surface area contributed by atoms with E-state index in [1.807, 2.05) is 12.1 Å². The first kappa shape index (κ1) is 26.5. The maximum Gasteiger partial charge on any atom is 0.353 e. The van der Waals surface area contributed by atoms with Crippen LogP contribution in [0.25, 0.3) is 6.08 Å². The molecular weight excluding hydrogens is 600 g/mol. The first-order valence-electron chi connectivity index (χ1n) is 11.6. The average molecular weight is 620 g/mol. The van der Waals surface area contributed by atoms with Crippen molar-refractivity contribution in [3.63, 3.8) is 0 Å². The van der Waals surface area contributed by atoms with Crippen molar-refractivity contribution in [3.05, 3.63) is 111 Å². The van der Waals surface area contributed by atoms with Gasteiger partial charge < -0.3 is 9.47 Å². The second-order valence-corrected chi connectivity index (χ2v) is 10.4. The van der Waals surface area contributed by atoms with Crippen molar-refractivity contribution >= 4 is 79.8 Å². The van der Waals surface area contributed by atoms with Crippen LogP contribution < -0.4 is 19.3 Å². The van der Waals surface area contributed by atoms with Gasteiger partial charge in [-0.3, -0.25) is 19.4 Å². The van der Waals surface area contributed by atoms with Gasteiger partial charge in [0, 0.05) is 0 Å². The first-order chi connectivity index (χ1) is 18.9. The third kappa shape index (κ3) is 5.26. The Labute approximate surface area is 242 Å². The number of benzene rings is 3. The summed E-state index contributed by atoms with van der Waals surface area (Å²) >= 11 is 10.3. The lowest BCUT2D eigenvalue weighted by molar-refractivity contribution is -0.120. The van der Waals surface area contributed by atoms with E-state index in [-0.39, 0.29) is 22.2 Å². The van der Waals surface area contributed by atoms with Gasteiger partial charge in [0.1, 0.15) is 10.5 Å². The maximum atomic E-state index is 13.7. The van der Waals surface area contributed by atoms with E-state index in [1.165, 1.54) is 34.3 Å². The van der Waals surface area contributed by atoms with E-state index in [9.17, 15) is 14.4 Å². The Morgan fingerprint density at radius 1 is 0.897 bits per heavy atom. The van der Waals surface area contributed by atoms with E-state index < -0.39 is 17.8 Å². The third-order valence-electron chi connectivity index (χ3n) is 5.76. The van der Waals surface area contributed by atoms with Gasteiger partial charge in [0.15, 0.2) is 16.6 Å². The number of anilines is 2. The summed E-state index contributed by atoms with van der Waals surface area (Å²) in [5.41, 5.74) is 1.43. The summed E-state index contributed by atoms with van der Waals surface area (Å²) in [6.45, 7) is 0. The smallest absolute Gasteiger partial charge is 0.353 e. The fraction of sp³-hybridized carbons (Fsp3) is 0.0345. The molecule has 10 heteroatoms. The lowest BCUT2D eigenvalue weighted by Crippen LogP contribution is -2.56. The van der Waals surface area contributed by atoms with E-state index in [2.05, 4.69) is 15.9 Å². The van der Waals surface area contributed by atoms with Crippen LogP contribution in [0.1, 0.15) is 15.2 Å². The molecule has 0 unspecified atom stereocenters. The van der Waals surface area contributed by atoms with E-state index in [4.69, 9.17) is 21.7 Å². The summed E-state index contributed by atoms with van der Waals surface area (Å²) in [4.78, 5) is 43.1. The number of ether oxygens (including phenoxy) is 2. The predicted molar refractivity (Wildman–Crippen MR) is 158 cm³/mol. The Morgan fingerprint density at radius 3 is 2.00 bits per heavy atom. The molecule has 3 aromatic carbocycles. The zero-order valence-corrected chi connectivity index (χ0v) is 23.6. The number of hydrogen-bond acceptors (Lipinski definition) is 7. The lowest BCUT2D eigenvalue weighted by atomic mass is 10.0. The molecule has 2 heterocycles. The van der Waals surface area contributed by atoms with Crippen molar-refractivity contribution in [2.24, 2.45) is 0 Å². The number of thiocarbonyl (C=S) groups is 1. The molecule has 194 valence electrons. The predicted octanol–water partition coefficient (Wildman–Crippen LogP) is 6.49. The molecule has 0 spiro atoms. The van der Waals surface area contributed by atoms with Crippen molar-refractivity contribution < 1.29 is 23.9 Å². The fourth-order valence-electron chi connectivity index (χ4n) is 3.97. The van der Waals surface area contributed by atoms with Crippen LogP contribution in [0.3, 0.4) is 0 Å². The molecule has 0 bridgehead atoms. The number of amides is 2. The molecule has 2 amide bonds. The minimum absolute atomic E-state index is 0.0501. The summed E-state index contributed by atoms with van der Waals surface area (Å²) in [7, 11) is 1.44. The summed E-state index contributed by atoms with van der Waals surface area (Å²) in [5.74, 6) is -1.24. The normalized spacial score (nSPS) is 13.5. The molecule has 39 heavy (non-hydrogen) atoms. The Hall–Kier alpha value is -4.12. The van der Waals surface area contributed by atoms with E-state index in [0.717, 1.165) is 0 Å². The number of carbonyl (C=O) groups is 3. The standard InChI is InChI=1S/C29H19BrN2O5S2/c1-36-23-17-18(16-22(30)25(23)37-28(35)24-13-8-14-39-24)15-21-26(33)31(19-9-4-2-5-10-19)29(38)32(27(21)34)20-11-6-3-7-12-20/h2-17H,1H3. The number of para-hydroxylation sites is 2. The average Bonchev–Trinajstić information content (AvgIpc) is 3.49. The number of hydrogen-bond donors (Lipinski definition) is 0. The van der Waals surface area contributed by atoms with Gasteiger partial charge in [0.2, 0.25) is 0 Å². The Bertz CT molecular complexity index is 1540. The van der Waals surface area contributed by atoms with Gasteiger partial charge in [0.05, 0.1) is 23.0 Å². The topological polar surface area (TPSA) is 76.2 Å². The molecule has 0 saturated carbocycles. The molecule has 7 nitrogen and oxygen atoms in total. The summed E-state index contributed by atoms with van der Waals surface area (Å²) < 4.78 is 11.5. The zero-order chi connectivity index (χ0) is 27.5. The Balaban J connectivity index is 1.58.